The molecule has 3 atom stereocenters. The van der Waals surface area contributed by atoms with Gasteiger partial charge in [-0.15, -0.1) is 0 Å². The van der Waals surface area contributed by atoms with Crippen LogP contribution in [0.5, 0.6) is 0 Å². The fourth-order valence-corrected chi connectivity index (χ4v) is 2.15. The Morgan fingerprint density at radius 2 is 2.21 bits per heavy atom. The molecule has 0 aromatic heterocycles. The van der Waals surface area contributed by atoms with Crippen molar-refractivity contribution in [2.45, 2.75) is 58.6 Å². The maximum Gasteiger partial charge on any atom is 0.0728 e. The summed E-state index contributed by atoms with van der Waals surface area (Å²) in [5, 5.41) is 3.56. The van der Waals surface area contributed by atoms with E-state index in [0.717, 1.165) is 19.1 Å². The van der Waals surface area contributed by atoms with Gasteiger partial charge in [0.15, 0.2) is 0 Å². The van der Waals surface area contributed by atoms with Gasteiger partial charge in [-0.1, -0.05) is 27.2 Å². The van der Waals surface area contributed by atoms with Crippen molar-refractivity contribution in [3.8, 4) is 0 Å². The molecular formula is C12H25NO. The Hall–Kier alpha value is -0.0800. The fourth-order valence-electron chi connectivity index (χ4n) is 2.15. The molecule has 3 unspecified atom stereocenters. The van der Waals surface area contributed by atoms with E-state index in [2.05, 4.69) is 26.1 Å². The summed E-state index contributed by atoms with van der Waals surface area (Å²) in [6, 6.07) is 0.581. The Morgan fingerprint density at radius 1 is 1.43 bits per heavy atom. The SMILES string of the molecule is CCNC(CC(C)CC)C1CCCO1. The Morgan fingerprint density at radius 3 is 2.71 bits per heavy atom. The number of ether oxygens (including phenoxy) is 1. The molecule has 0 aromatic rings. The Labute approximate surface area is 88.4 Å². The van der Waals surface area contributed by atoms with Crippen molar-refractivity contribution in [3.63, 3.8) is 0 Å². The summed E-state index contributed by atoms with van der Waals surface area (Å²) in [7, 11) is 0. The molecule has 2 nitrogen and oxygen atoms in total. The Balaban J connectivity index is 2.36. The number of hydrogen-bond acceptors (Lipinski definition) is 2. The Kier molecular flexibility index (Phi) is 5.49. The van der Waals surface area contributed by atoms with Crippen LogP contribution in [0.2, 0.25) is 0 Å². The smallest absolute Gasteiger partial charge is 0.0728 e. The average molecular weight is 199 g/mol. The van der Waals surface area contributed by atoms with E-state index >= 15 is 0 Å². The number of nitrogens with one attached hydrogen (secondary N) is 1. The topological polar surface area (TPSA) is 21.3 Å². The molecule has 1 heterocycles. The van der Waals surface area contributed by atoms with Gasteiger partial charge in [0.2, 0.25) is 0 Å². The minimum Gasteiger partial charge on any atom is -0.377 e. The summed E-state index contributed by atoms with van der Waals surface area (Å²) < 4.78 is 5.75. The predicted octanol–water partition coefficient (Wildman–Crippen LogP) is 2.58. The number of hydrogen-bond donors (Lipinski definition) is 1. The molecule has 0 amide bonds. The van der Waals surface area contributed by atoms with Crippen molar-refractivity contribution >= 4 is 0 Å². The largest absolute Gasteiger partial charge is 0.377 e. The molecule has 0 radical (unpaired) electrons. The van der Waals surface area contributed by atoms with Crippen molar-refractivity contribution in [2.75, 3.05) is 13.2 Å². The molecule has 1 saturated heterocycles. The van der Waals surface area contributed by atoms with Crippen molar-refractivity contribution < 1.29 is 4.74 Å². The highest BCUT2D eigenvalue weighted by Gasteiger charge is 2.25. The Bertz CT molecular complexity index is 143. The van der Waals surface area contributed by atoms with E-state index < -0.39 is 0 Å². The van der Waals surface area contributed by atoms with Gasteiger partial charge in [0.05, 0.1) is 6.10 Å². The summed E-state index contributed by atoms with van der Waals surface area (Å²) in [6.45, 7) is 8.80. The molecule has 0 aromatic carbocycles. The summed E-state index contributed by atoms with van der Waals surface area (Å²) >= 11 is 0. The lowest BCUT2D eigenvalue weighted by Crippen LogP contribution is -2.40. The molecule has 1 rings (SSSR count). The van der Waals surface area contributed by atoms with E-state index in [-0.39, 0.29) is 0 Å². The van der Waals surface area contributed by atoms with Crippen LogP contribution >= 0.6 is 0 Å². The molecular weight excluding hydrogens is 174 g/mol. The third kappa shape index (κ3) is 3.58. The van der Waals surface area contributed by atoms with Gasteiger partial charge in [-0.25, -0.2) is 0 Å². The molecule has 1 fully saturated rings. The highest BCUT2D eigenvalue weighted by Crippen LogP contribution is 2.21. The summed E-state index contributed by atoms with van der Waals surface area (Å²) in [6.07, 6.45) is 5.49. The zero-order valence-electron chi connectivity index (χ0n) is 9.88. The molecule has 0 saturated carbocycles. The van der Waals surface area contributed by atoms with E-state index in [1.54, 1.807) is 0 Å². The molecule has 84 valence electrons. The fraction of sp³-hybridized carbons (Fsp3) is 1.00. The van der Waals surface area contributed by atoms with Gasteiger partial charge in [-0.2, -0.15) is 0 Å². The van der Waals surface area contributed by atoms with Gasteiger partial charge in [0.1, 0.15) is 0 Å². The van der Waals surface area contributed by atoms with Crippen LogP contribution in [0.3, 0.4) is 0 Å². The first-order chi connectivity index (χ1) is 6.77. The third-order valence-electron chi connectivity index (χ3n) is 3.23. The van der Waals surface area contributed by atoms with Crippen molar-refractivity contribution in [1.82, 2.24) is 5.32 Å². The first-order valence-electron chi connectivity index (χ1n) is 6.12. The second-order valence-corrected chi connectivity index (χ2v) is 4.46. The maximum absolute atomic E-state index is 5.75. The number of likely N-dealkylation sites (N-methyl/N-ethyl adjacent to an activating group) is 1. The van der Waals surface area contributed by atoms with Gasteiger partial charge in [-0.05, 0) is 31.7 Å². The van der Waals surface area contributed by atoms with E-state index in [1.165, 1.54) is 25.7 Å². The number of rotatable bonds is 6. The maximum atomic E-state index is 5.75. The van der Waals surface area contributed by atoms with Gasteiger partial charge < -0.3 is 10.1 Å². The van der Waals surface area contributed by atoms with Crippen LogP contribution in [0.4, 0.5) is 0 Å². The zero-order chi connectivity index (χ0) is 10.4. The molecule has 2 heteroatoms. The van der Waals surface area contributed by atoms with E-state index in [9.17, 15) is 0 Å². The van der Waals surface area contributed by atoms with Crippen molar-refractivity contribution in [3.05, 3.63) is 0 Å². The normalized spacial score (nSPS) is 26.4. The van der Waals surface area contributed by atoms with E-state index in [4.69, 9.17) is 4.74 Å². The second-order valence-electron chi connectivity index (χ2n) is 4.46. The molecule has 0 spiro atoms. The van der Waals surface area contributed by atoms with Crippen LogP contribution in [-0.2, 0) is 4.74 Å². The lowest BCUT2D eigenvalue weighted by atomic mass is 9.94. The van der Waals surface area contributed by atoms with Crippen LogP contribution < -0.4 is 5.32 Å². The van der Waals surface area contributed by atoms with Crippen LogP contribution in [0, 0.1) is 5.92 Å². The lowest BCUT2D eigenvalue weighted by molar-refractivity contribution is 0.0709. The summed E-state index contributed by atoms with van der Waals surface area (Å²) in [5.41, 5.74) is 0. The van der Waals surface area contributed by atoms with Crippen LogP contribution in [-0.4, -0.2) is 25.3 Å². The summed E-state index contributed by atoms with van der Waals surface area (Å²) in [5.74, 6) is 0.809. The highest BCUT2D eigenvalue weighted by atomic mass is 16.5. The standard InChI is InChI=1S/C12H25NO/c1-4-10(3)9-11(13-5-2)12-7-6-8-14-12/h10-13H,4-9H2,1-3H3. The van der Waals surface area contributed by atoms with Gasteiger partial charge >= 0.3 is 0 Å². The molecule has 1 N–H and O–H groups in total. The molecule has 0 aliphatic carbocycles. The zero-order valence-corrected chi connectivity index (χ0v) is 9.88. The lowest BCUT2D eigenvalue weighted by Gasteiger charge is -2.26. The molecule has 1 aliphatic heterocycles. The average Bonchev–Trinajstić information content (AvgIpc) is 2.69. The molecule has 0 bridgehead atoms. The second kappa shape index (κ2) is 6.41. The van der Waals surface area contributed by atoms with Crippen molar-refractivity contribution in [2.24, 2.45) is 5.92 Å². The minimum absolute atomic E-state index is 0.476. The summed E-state index contributed by atoms with van der Waals surface area (Å²) in [4.78, 5) is 0. The van der Waals surface area contributed by atoms with Crippen LogP contribution in [0.1, 0.15) is 46.5 Å². The quantitative estimate of drug-likeness (QED) is 0.710. The highest BCUT2D eigenvalue weighted by molar-refractivity contribution is 4.81. The van der Waals surface area contributed by atoms with Crippen LogP contribution in [0.25, 0.3) is 0 Å². The van der Waals surface area contributed by atoms with Crippen molar-refractivity contribution in [1.29, 1.82) is 0 Å². The van der Waals surface area contributed by atoms with E-state index in [1.807, 2.05) is 0 Å². The van der Waals surface area contributed by atoms with Crippen LogP contribution in [0.15, 0.2) is 0 Å². The monoisotopic (exact) mass is 199 g/mol. The predicted molar refractivity (Wildman–Crippen MR) is 60.5 cm³/mol. The third-order valence-corrected chi connectivity index (χ3v) is 3.23. The van der Waals surface area contributed by atoms with Gasteiger partial charge in [-0.3, -0.25) is 0 Å². The minimum atomic E-state index is 0.476. The molecule has 14 heavy (non-hydrogen) atoms. The molecule has 1 aliphatic rings. The first kappa shape index (κ1) is 12.0. The first-order valence-corrected chi connectivity index (χ1v) is 6.12. The van der Waals surface area contributed by atoms with Gasteiger partial charge in [0, 0.05) is 12.6 Å². The van der Waals surface area contributed by atoms with Gasteiger partial charge in [0.25, 0.3) is 0 Å². The van der Waals surface area contributed by atoms with E-state index in [0.29, 0.717) is 12.1 Å².